The summed E-state index contributed by atoms with van der Waals surface area (Å²) < 4.78 is 1.72. The predicted molar refractivity (Wildman–Crippen MR) is 107 cm³/mol. The van der Waals surface area contributed by atoms with E-state index in [1.165, 1.54) is 24.9 Å². The number of nitrogens with zero attached hydrogens (tertiary/aromatic N) is 4. The monoisotopic (exact) mass is 381 g/mol. The molecule has 0 aliphatic carbocycles. The van der Waals surface area contributed by atoms with Crippen molar-refractivity contribution in [2.75, 3.05) is 23.3 Å². The van der Waals surface area contributed by atoms with Crippen LogP contribution in [0.2, 0.25) is 5.02 Å². The fourth-order valence-electron chi connectivity index (χ4n) is 3.29. The highest BCUT2D eigenvalue weighted by Gasteiger charge is 2.14. The van der Waals surface area contributed by atoms with Crippen LogP contribution >= 0.6 is 11.6 Å². The Kier molecular flexibility index (Phi) is 5.07. The maximum atomic E-state index is 12.7. The molecule has 4 rings (SSSR count). The van der Waals surface area contributed by atoms with Gasteiger partial charge in [0.15, 0.2) is 0 Å². The van der Waals surface area contributed by atoms with Crippen LogP contribution in [0.15, 0.2) is 55.1 Å². The van der Waals surface area contributed by atoms with Crippen molar-refractivity contribution >= 4 is 28.9 Å². The second-order valence-corrected chi connectivity index (χ2v) is 6.99. The Morgan fingerprint density at radius 2 is 1.59 bits per heavy atom. The van der Waals surface area contributed by atoms with Crippen molar-refractivity contribution in [3.63, 3.8) is 0 Å². The lowest BCUT2D eigenvalue weighted by atomic mass is 10.1. The van der Waals surface area contributed by atoms with Crippen LogP contribution in [0, 0.1) is 0 Å². The highest BCUT2D eigenvalue weighted by Crippen LogP contribution is 2.24. The molecule has 1 fully saturated rings. The number of hydrogen-bond donors (Lipinski definition) is 1. The lowest BCUT2D eigenvalue weighted by Gasteiger charge is -2.28. The Morgan fingerprint density at radius 1 is 0.926 bits per heavy atom. The minimum atomic E-state index is -0.249. The van der Waals surface area contributed by atoms with Crippen LogP contribution in [0.1, 0.15) is 29.6 Å². The van der Waals surface area contributed by atoms with Crippen LogP contribution in [0.5, 0.6) is 0 Å². The number of rotatable bonds is 4. The van der Waals surface area contributed by atoms with Crippen molar-refractivity contribution in [2.24, 2.45) is 0 Å². The molecule has 6 nitrogen and oxygen atoms in total. The lowest BCUT2D eigenvalue weighted by molar-refractivity contribution is 0.102. The highest BCUT2D eigenvalue weighted by atomic mass is 35.5. The molecule has 3 aromatic rings. The number of aromatic nitrogens is 3. The maximum Gasteiger partial charge on any atom is 0.257 e. The Balaban J connectivity index is 1.49. The third-order valence-electron chi connectivity index (χ3n) is 4.76. The Morgan fingerprint density at radius 3 is 2.30 bits per heavy atom. The zero-order valence-corrected chi connectivity index (χ0v) is 15.6. The third-order valence-corrected chi connectivity index (χ3v) is 5.09. The first-order valence-electron chi connectivity index (χ1n) is 9.01. The standard InChI is InChI=1S/C20H20ClN5O/c21-19-9-8-17(26-13-22-23-14-26)12-18(19)20(27)24-15-4-6-16(7-5-15)25-10-2-1-3-11-25/h4-9,12-14H,1-3,10-11H2,(H,24,27). The molecule has 1 aliphatic heterocycles. The van der Waals surface area contributed by atoms with E-state index in [9.17, 15) is 4.79 Å². The van der Waals surface area contributed by atoms with Gasteiger partial charge in [0, 0.05) is 30.2 Å². The van der Waals surface area contributed by atoms with E-state index in [1.807, 2.05) is 18.2 Å². The normalized spacial score (nSPS) is 14.2. The average Bonchev–Trinajstić information content (AvgIpc) is 3.24. The first-order valence-corrected chi connectivity index (χ1v) is 9.39. The van der Waals surface area contributed by atoms with E-state index in [-0.39, 0.29) is 5.91 Å². The predicted octanol–water partition coefficient (Wildman–Crippen LogP) is 4.16. The molecular weight excluding hydrogens is 362 g/mol. The molecule has 1 saturated heterocycles. The van der Waals surface area contributed by atoms with Crippen LogP contribution in [0.3, 0.4) is 0 Å². The summed E-state index contributed by atoms with van der Waals surface area (Å²) in [6.45, 7) is 2.19. The third kappa shape index (κ3) is 3.95. The summed E-state index contributed by atoms with van der Waals surface area (Å²) >= 11 is 6.24. The summed E-state index contributed by atoms with van der Waals surface area (Å²) in [4.78, 5) is 15.1. The largest absolute Gasteiger partial charge is 0.372 e. The van der Waals surface area contributed by atoms with Gasteiger partial charge in [-0.2, -0.15) is 0 Å². The van der Waals surface area contributed by atoms with Crippen molar-refractivity contribution in [1.29, 1.82) is 0 Å². The average molecular weight is 382 g/mol. The van der Waals surface area contributed by atoms with Crippen LogP contribution in [-0.4, -0.2) is 33.8 Å². The van der Waals surface area contributed by atoms with E-state index >= 15 is 0 Å². The number of hydrogen-bond acceptors (Lipinski definition) is 4. The van der Waals surface area contributed by atoms with Gasteiger partial charge in [-0.25, -0.2) is 0 Å². The van der Waals surface area contributed by atoms with Crippen molar-refractivity contribution in [1.82, 2.24) is 14.8 Å². The van der Waals surface area contributed by atoms with Crippen LogP contribution in [0.4, 0.5) is 11.4 Å². The molecule has 0 atom stereocenters. The molecule has 0 radical (unpaired) electrons. The molecule has 1 N–H and O–H groups in total. The number of benzene rings is 2. The summed E-state index contributed by atoms with van der Waals surface area (Å²) in [5.41, 5.74) is 3.12. The molecule has 1 aromatic heterocycles. The summed E-state index contributed by atoms with van der Waals surface area (Å²) in [5.74, 6) is -0.249. The van der Waals surface area contributed by atoms with Gasteiger partial charge >= 0.3 is 0 Å². The minimum absolute atomic E-state index is 0.249. The van der Waals surface area contributed by atoms with Gasteiger partial charge < -0.3 is 10.2 Å². The zero-order valence-electron chi connectivity index (χ0n) is 14.8. The van der Waals surface area contributed by atoms with Crippen LogP contribution in [0.25, 0.3) is 5.69 Å². The highest BCUT2D eigenvalue weighted by molar-refractivity contribution is 6.34. The molecule has 0 unspecified atom stereocenters. The molecule has 7 heteroatoms. The van der Waals surface area contributed by atoms with Gasteiger partial charge in [-0.1, -0.05) is 11.6 Å². The van der Waals surface area contributed by atoms with E-state index in [0.717, 1.165) is 24.5 Å². The molecule has 0 saturated carbocycles. The first-order chi connectivity index (χ1) is 13.2. The van der Waals surface area contributed by atoms with Crippen molar-refractivity contribution in [2.45, 2.75) is 19.3 Å². The molecule has 27 heavy (non-hydrogen) atoms. The number of amides is 1. The summed E-state index contributed by atoms with van der Waals surface area (Å²) in [7, 11) is 0. The van der Waals surface area contributed by atoms with Gasteiger partial charge in [-0.15, -0.1) is 10.2 Å². The number of anilines is 2. The number of carbonyl (C=O) groups is 1. The summed E-state index contributed by atoms with van der Waals surface area (Å²) in [5, 5.41) is 10.9. The fourth-order valence-corrected chi connectivity index (χ4v) is 3.49. The van der Waals surface area contributed by atoms with Gasteiger partial charge in [0.1, 0.15) is 12.7 Å². The number of halogens is 1. The second-order valence-electron chi connectivity index (χ2n) is 6.58. The Labute approximate surface area is 162 Å². The molecule has 2 aromatic carbocycles. The van der Waals surface area contributed by atoms with E-state index in [4.69, 9.17) is 11.6 Å². The van der Waals surface area contributed by atoms with Gasteiger partial charge in [0.05, 0.1) is 10.6 Å². The van der Waals surface area contributed by atoms with Gasteiger partial charge in [-0.05, 0) is 61.7 Å². The first kappa shape index (κ1) is 17.5. The van der Waals surface area contributed by atoms with E-state index in [0.29, 0.717) is 10.6 Å². The molecule has 0 spiro atoms. The number of carbonyl (C=O) groups excluding carboxylic acids is 1. The Hall–Kier alpha value is -2.86. The quantitative estimate of drug-likeness (QED) is 0.737. The summed E-state index contributed by atoms with van der Waals surface area (Å²) in [6, 6.07) is 13.2. The smallest absolute Gasteiger partial charge is 0.257 e. The molecular formula is C20H20ClN5O. The molecule has 1 aliphatic rings. The minimum Gasteiger partial charge on any atom is -0.372 e. The van der Waals surface area contributed by atoms with E-state index in [1.54, 1.807) is 29.4 Å². The fraction of sp³-hybridized carbons (Fsp3) is 0.250. The maximum absolute atomic E-state index is 12.7. The Bertz CT molecular complexity index is 918. The van der Waals surface area contributed by atoms with Crippen LogP contribution in [-0.2, 0) is 0 Å². The van der Waals surface area contributed by atoms with Crippen molar-refractivity contribution < 1.29 is 4.79 Å². The van der Waals surface area contributed by atoms with Gasteiger partial charge in [0.2, 0.25) is 0 Å². The van der Waals surface area contributed by atoms with E-state index < -0.39 is 0 Å². The van der Waals surface area contributed by atoms with Gasteiger partial charge in [0.25, 0.3) is 5.91 Å². The SMILES string of the molecule is O=C(Nc1ccc(N2CCCCC2)cc1)c1cc(-n2cnnc2)ccc1Cl. The topological polar surface area (TPSA) is 63.1 Å². The molecule has 1 amide bonds. The van der Waals surface area contributed by atoms with Crippen molar-refractivity contribution in [3.05, 3.63) is 65.7 Å². The zero-order chi connectivity index (χ0) is 18.6. The summed E-state index contributed by atoms with van der Waals surface area (Å²) in [6.07, 6.45) is 6.92. The lowest BCUT2D eigenvalue weighted by Crippen LogP contribution is -2.29. The van der Waals surface area contributed by atoms with E-state index in [2.05, 4.69) is 32.5 Å². The van der Waals surface area contributed by atoms with Gasteiger partial charge in [-0.3, -0.25) is 9.36 Å². The number of nitrogens with one attached hydrogen (secondary N) is 1. The number of piperidine rings is 1. The van der Waals surface area contributed by atoms with Crippen molar-refractivity contribution in [3.8, 4) is 5.69 Å². The molecule has 2 heterocycles. The molecule has 138 valence electrons. The second kappa shape index (κ2) is 7.80. The van der Waals surface area contributed by atoms with Crippen LogP contribution < -0.4 is 10.2 Å². The molecule has 0 bridgehead atoms.